The van der Waals surface area contributed by atoms with Gasteiger partial charge in [-0.1, -0.05) is 6.07 Å². The summed E-state index contributed by atoms with van der Waals surface area (Å²) in [6, 6.07) is 5.73. The van der Waals surface area contributed by atoms with Crippen molar-refractivity contribution in [2.75, 3.05) is 10.6 Å². The second-order valence-electron chi connectivity index (χ2n) is 4.73. The zero-order valence-electron chi connectivity index (χ0n) is 12.0. The molecular weight excluding hydrogens is 286 g/mol. The summed E-state index contributed by atoms with van der Waals surface area (Å²) in [5, 5.41) is 7.77. The van der Waals surface area contributed by atoms with E-state index in [9.17, 15) is 9.59 Å². The second kappa shape index (κ2) is 6.99. The maximum atomic E-state index is 11.8. The van der Waals surface area contributed by atoms with Crippen LogP contribution in [0.2, 0.25) is 0 Å². The van der Waals surface area contributed by atoms with Gasteiger partial charge in [-0.3, -0.25) is 9.59 Å². The predicted molar refractivity (Wildman–Crippen MR) is 84.5 cm³/mol. The number of carbonyl (C=O) groups excluding carboxylic acids is 2. The smallest absolute Gasteiger partial charge is 0.226 e. The Labute approximate surface area is 127 Å². The van der Waals surface area contributed by atoms with E-state index in [-0.39, 0.29) is 24.7 Å². The zero-order valence-corrected chi connectivity index (χ0v) is 12.8. The molecule has 2 amide bonds. The Bertz CT molecular complexity index is 638. The van der Waals surface area contributed by atoms with Crippen molar-refractivity contribution in [1.29, 1.82) is 0 Å². The summed E-state index contributed by atoms with van der Waals surface area (Å²) in [4.78, 5) is 27.4. The average Bonchev–Trinajstić information content (AvgIpc) is 2.93. The third-order valence-electron chi connectivity index (χ3n) is 3.05. The van der Waals surface area contributed by atoms with Gasteiger partial charge in [-0.15, -0.1) is 11.3 Å². The van der Waals surface area contributed by atoms with Gasteiger partial charge in [0.25, 0.3) is 0 Å². The lowest BCUT2D eigenvalue weighted by Crippen LogP contribution is -2.17. The first-order valence-corrected chi connectivity index (χ1v) is 7.49. The van der Waals surface area contributed by atoms with Crippen molar-refractivity contribution in [2.45, 2.75) is 26.7 Å². The number of hydrogen-bond donors (Lipinski definition) is 2. The summed E-state index contributed by atoms with van der Waals surface area (Å²) >= 11 is 1.35. The Hall–Kier alpha value is -2.21. The maximum Gasteiger partial charge on any atom is 0.226 e. The molecule has 0 saturated carbocycles. The van der Waals surface area contributed by atoms with Crippen molar-refractivity contribution < 1.29 is 9.59 Å². The number of rotatable bonds is 5. The van der Waals surface area contributed by atoms with E-state index >= 15 is 0 Å². The fourth-order valence-corrected chi connectivity index (χ4v) is 2.28. The minimum Gasteiger partial charge on any atom is -0.326 e. The van der Waals surface area contributed by atoms with Crippen LogP contribution in [-0.4, -0.2) is 16.8 Å². The van der Waals surface area contributed by atoms with Gasteiger partial charge in [-0.2, -0.15) is 0 Å². The van der Waals surface area contributed by atoms with Crippen LogP contribution in [0.25, 0.3) is 0 Å². The summed E-state index contributed by atoms with van der Waals surface area (Å²) in [5.41, 5.74) is 3.05. The van der Waals surface area contributed by atoms with Gasteiger partial charge in [0.05, 0.1) is 0 Å². The van der Waals surface area contributed by atoms with Crippen LogP contribution >= 0.6 is 11.3 Å². The molecule has 0 aliphatic heterocycles. The molecule has 110 valence electrons. The second-order valence-corrected chi connectivity index (χ2v) is 5.63. The van der Waals surface area contributed by atoms with Crippen LogP contribution in [0.3, 0.4) is 0 Å². The molecular formula is C15H17N3O2S. The molecule has 0 spiro atoms. The molecule has 0 saturated heterocycles. The summed E-state index contributed by atoms with van der Waals surface area (Å²) < 4.78 is 0. The van der Waals surface area contributed by atoms with Crippen LogP contribution in [0, 0.1) is 13.8 Å². The summed E-state index contributed by atoms with van der Waals surface area (Å²) in [7, 11) is 0. The van der Waals surface area contributed by atoms with Crippen molar-refractivity contribution >= 4 is 34.0 Å². The summed E-state index contributed by atoms with van der Waals surface area (Å²) in [6.07, 6.45) is 1.90. The maximum absolute atomic E-state index is 11.8. The lowest BCUT2D eigenvalue weighted by Gasteiger charge is -2.07. The highest BCUT2D eigenvalue weighted by Gasteiger charge is 2.09. The van der Waals surface area contributed by atoms with E-state index in [1.165, 1.54) is 16.9 Å². The van der Waals surface area contributed by atoms with E-state index in [1.54, 1.807) is 11.6 Å². The van der Waals surface area contributed by atoms with Crippen LogP contribution in [0.15, 0.2) is 29.8 Å². The van der Waals surface area contributed by atoms with E-state index < -0.39 is 0 Å². The molecule has 0 fully saturated rings. The number of thiazole rings is 1. The van der Waals surface area contributed by atoms with Crippen LogP contribution in [0.1, 0.15) is 24.0 Å². The molecule has 0 aliphatic carbocycles. The Morgan fingerprint density at radius 3 is 2.43 bits per heavy atom. The molecule has 6 heteroatoms. The quantitative estimate of drug-likeness (QED) is 0.891. The standard InChI is InChI=1S/C15H17N3O2S/c1-10-3-4-12(9-11(10)2)17-13(19)5-6-14(20)18-15-16-7-8-21-15/h3-4,7-9H,5-6H2,1-2H3,(H,17,19)(H,16,18,20). The van der Waals surface area contributed by atoms with Gasteiger partial charge in [0.15, 0.2) is 5.13 Å². The summed E-state index contributed by atoms with van der Waals surface area (Å²) in [6.45, 7) is 4.01. The number of nitrogens with zero attached hydrogens (tertiary/aromatic N) is 1. The molecule has 2 rings (SSSR count). The van der Waals surface area contributed by atoms with Crippen molar-refractivity contribution in [3.05, 3.63) is 40.9 Å². The van der Waals surface area contributed by atoms with E-state index in [0.29, 0.717) is 5.13 Å². The van der Waals surface area contributed by atoms with Crippen molar-refractivity contribution in [2.24, 2.45) is 0 Å². The first kappa shape index (κ1) is 15.2. The SMILES string of the molecule is Cc1ccc(NC(=O)CCC(=O)Nc2nccs2)cc1C. The van der Waals surface area contributed by atoms with Crippen LogP contribution in [0.5, 0.6) is 0 Å². The van der Waals surface area contributed by atoms with Gasteiger partial charge < -0.3 is 10.6 Å². The number of hydrogen-bond acceptors (Lipinski definition) is 4. The molecule has 21 heavy (non-hydrogen) atoms. The molecule has 1 heterocycles. The van der Waals surface area contributed by atoms with Crippen LogP contribution in [0.4, 0.5) is 10.8 Å². The zero-order chi connectivity index (χ0) is 15.2. The number of aromatic nitrogens is 1. The van der Waals surface area contributed by atoms with Crippen molar-refractivity contribution in [3.63, 3.8) is 0 Å². The van der Waals surface area contributed by atoms with E-state index in [1.807, 2.05) is 32.0 Å². The molecule has 0 aliphatic rings. The first-order valence-electron chi connectivity index (χ1n) is 6.61. The van der Waals surface area contributed by atoms with Gasteiger partial charge in [-0.25, -0.2) is 4.98 Å². The molecule has 5 nitrogen and oxygen atoms in total. The molecule has 0 atom stereocenters. The number of carbonyl (C=O) groups is 2. The highest BCUT2D eigenvalue weighted by molar-refractivity contribution is 7.13. The third-order valence-corrected chi connectivity index (χ3v) is 3.74. The van der Waals surface area contributed by atoms with Crippen molar-refractivity contribution in [1.82, 2.24) is 4.98 Å². The number of nitrogens with one attached hydrogen (secondary N) is 2. The van der Waals surface area contributed by atoms with Gasteiger partial charge in [0, 0.05) is 30.1 Å². The monoisotopic (exact) mass is 303 g/mol. The third kappa shape index (κ3) is 4.68. The largest absolute Gasteiger partial charge is 0.326 e. The molecule has 1 aromatic heterocycles. The van der Waals surface area contributed by atoms with Gasteiger partial charge in [0.2, 0.25) is 11.8 Å². The number of anilines is 2. The minimum atomic E-state index is -0.208. The normalized spacial score (nSPS) is 10.2. The highest BCUT2D eigenvalue weighted by atomic mass is 32.1. The molecule has 1 aromatic carbocycles. The van der Waals surface area contributed by atoms with Crippen LogP contribution < -0.4 is 10.6 Å². The molecule has 2 aromatic rings. The molecule has 0 radical (unpaired) electrons. The first-order chi connectivity index (χ1) is 10.0. The Kier molecular flexibility index (Phi) is 5.05. The van der Waals surface area contributed by atoms with Crippen molar-refractivity contribution in [3.8, 4) is 0 Å². The van der Waals surface area contributed by atoms with Gasteiger partial charge >= 0.3 is 0 Å². The Morgan fingerprint density at radius 1 is 1.10 bits per heavy atom. The topological polar surface area (TPSA) is 71.1 Å². The molecule has 0 bridgehead atoms. The minimum absolute atomic E-state index is 0.135. The lowest BCUT2D eigenvalue weighted by molar-refractivity contribution is -0.121. The number of amides is 2. The van der Waals surface area contributed by atoms with E-state index in [0.717, 1.165) is 11.3 Å². The fourth-order valence-electron chi connectivity index (χ4n) is 1.74. The van der Waals surface area contributed by atoms with Gasteiger partial charge in [-0.05, 0) is 37.1 Å². The van der Waals surface area contributed by atoms with E-state index in [4.69, 9.17) is 0 Å². The predicted octanol–water partition coefficient (Wildman–Crippen LogP) is 3.12. The Balaban J connectivity index is 1.79. The number of benzene rings is 1. The Morgan fingerprint density at radius 2 is 1.81 bits per heavy atom. The molecule has 2 N–H and O–H groups in total. The number of aryl methyl sites for hydroxylation is 2. The average molecular weight is 303 g/mol. The fraction of sp³-hybridized carbons (Fsp3) is 0.267. The van der Waals surface area contributed by atoms with E-state index in [2.05, 4.69) is 15.6 Å². The summed E-state index contributed by atoms with van der Waals surface area (Å²) in [5.74, 6) is -0.382. The molecule has 0 unspecified atom stereocenters. The van der Waals surface area contributed by atoms with Crippen LogP contribution in [-0.2, 0) is 9.59 Å². The highest BCUT2D eigenvalue weighted by Crippen LogP contribution is 2.15. The van der Waals surface area contributed by atoms with Gasteiger partial charge in [0.1, 0.15) is 0 Å². The lowest BCUT2D eigenvalue weighted by atomic mass is 10.1.